The second-order valence-electron chi connectivity index (χ2n) is 5.37. The Balaban J connectivity index is 1.99. The van der Waals surface area contributed by atoms with Crippen LogP contribution in [-0.2, 0) is 20.0 Å². The average molecular weight is 466 g/mol. The van der Waals surface area contributed by atoms with E-state index in [1.54, 1.807) is 6.08 Å². The van der Waals surface area contributed by atoms with Gasteiger partial charge in [-0.25, -0.2) is 16.8 Å². The van der Waals surface area contributed by atoms with Gasteiger partial charge < -0.3 is 0 Å². The van der Waals surface area contributed by atoms with Crippen molar-refractivity contribution in [3.05, 3.63) is 57.0 Å². The van der Waals surface area contributed by atoms with Gasteiger partial charge in [0.05, 0.1) is 21.4 Å². The number of halogens is 2. The summed E-state index contributed by atoms with van der Waals surface area (Å²) in [7, 11) is -7.87. The van der Waals surface area contributed by atoms with E-state index in [1.165, 1.54) is 48.4 Å². The highest BCUT2D eigenvalue weighted by Gasteiger charge is 2.24. The van der Waals surface area contributed by atoms with Crippen molar-refractivity contribution < 1.29 is 16.8 Å². The van der Waals surface area contributed by atoms with E-state index < -0.39 is 20.0 Å². The van der Waals surface area contributed by atoms with Crippen LogP contribution in [0.2, 0.25) is 10.0 Å². The van der Waals surface area contributed by atoms with Crippen molar-refractivity contribution in [1.29, 1.82) is 0 Å². The molecule has 0 radical (unpaired) electrons. The first-order chi connectivity index (χ1) is 12.7. The largest absolute Gasteiger partial charge is 0.277 e. The molecule has 0 saturated carbocycles. The highest BCUT2D eigenvalue weighted by molar-refractivity contribution is 8.19. The van der Waals surface area contributed by atoms with Gasteiger partial charge >= 0.3 is 0 Å². The van der Waals surface area contributed by atoms with Crippen LogP contribution in [0.3, 0.4) is 0 Å². The predicted octanol–water partition coefficient (Wildman–Crippen LogP) is 3.91. The number of rotatable bonds is 6. The van der Waals surface area contributed by atoms with Crippen molar-refractivity contribution in [2.45, 2.75) is 11.3 Å². The number of benzene rings is 1. The summed E-state index contributed by atoms with van der Waals surface area (Å²) < 4.78 is 55.0. The maximum Gasteiger partial charge on any atom is 0.267 e. The van der Waals surface area contributed by atoms with Crippen LogP contribution >= 0.6 is 35.0 Å². The van der Waals surface area contributed by atoms with Crippen LogP contribution in [0.15, 0.2) is 51.9 Å². The molecule has 0 amide bonds. The molecule has 144 valence electrons. The van der Waals surface area contributed by atoms with Crippen LogP contribution < -0.4 is 9.44 Å². The number of anilines is 2. The van der Waals surface area contributed by atoms with Gasteiger partial charge in [0.1, 0.15) is 9.13 Å². The van der Waals surface area contributed by atoms with Crippen molar-refractivity contribution in [2.75, 3.05) is 15.2 Å². The van der Waals surface area contributed by atoms with Gasteiger partial charge in [-0.05, 0) is 30.7 Å². The fourth-order valence-electron chi connectivity index (χ4n) is 2.20. The van der Waals surface area contributed by atoms with Crippen molar-refractivity contribution in [3.63, 3.8) is 0 Å². The molecule has 1 aromatic carbocycles. The molecule has 0 aliphatic carbocycles. The molecule has 2 heterocycles. The molecule has 0 spiro atoms. The van der Waals surface area contributed by atoms with E-state index in [2.05, 4.69) is 14.4 Å². The molecular weight excluding hydrogens is 453 g/mol. The third kappa shape index (κ3) is 4.69. The quantitative estimate of drug-likeness (QED) is 0.669. The second kappa shape index (κ2) is 7.88. The summed E-state index contributed by atoms with van der Waals surface area (Å²) in [5, 5.41) is 0.143. The summed E-state index contributed by atoms with van der Waals surface area (Å²) in [6.07, 6.45) is 4.85. The van der Waals surface area contributed by atoms with Crippen LogP contribution in [-0.4, -0.2) is 27.6 Å². The molecular formula is C15H13Cl2N3O4S3. The Bertz CT molecular complexity index is 1100. The minimum atomic E-state index is -4.01. The zero-order chi connectivity index (χ0) is 19.7. The molecule has 3 rings (SSSR count). The predicted molar refractivity (Wildman–Crippen MR) is 109 cm³/mol. The average Bonchev–Trinajstić information content (AvgIpc) is 3.15. The molecule has 1 aliphatic rings. The maximum atomic E-state index is 12.6. The molecule has 2 aromatic rings. The van der Waals surface area contributed by atoms with E-state index in [0.717, 1.165) is 0 Å². The molecule has 0 atom stereocenters. The van der Waals surface area contributed by atoms with Crippen molar-refractivity contribution >= 4 is 66.4 Å². The normalized spacial score (nSPS) is 14.7. The Morgan fingerprint density at radius 3 is 2.15 bits per heavy atom. The van der Waals surface area contributed by atoms with Crippen LogP contribution in [0, 0.1) is 0 Å². The van der Waals surface area contributed by atoms with Crippen molar-refractivity contribution in [2.24, 2.45) is 0 Å². The number of hydrogen-bond donors (Lipinski definition) is 2. The first kappa shape index (κ1) is 20.3. The molecule has 0 unspecified atom stereocenters. The van der Waals surface area contributed by atoms with Gasteiger partial charge in [-0.15, -0.1) is 11.8 Å². The highest BCUT2D eigenvalue weighted by Crippen LogP contribution is 2.37. The molecule has 1 aliphatic heterocycles. The first-order valence-corrected chi connectivity index (χ1v) is 12.2. The lowest BCUT2D eigenvalue weighted by Crippen LogP contribution is -2.18. The Morgan fingerprint density at radius 2 is 1.63 bits per heavy atom. The van der Waals surface area contributed by atoms with E-state index in [0.29, 0.717) is 12.2 Å². The highest BCUT2D eigenvalue weighted by atomic mass is 35.5. The zero-order valence-corrected chi connectivity index (χ0v) is 17.5. The summed E-state index contributed by atoms with van der Waals surface area (Å²) in [6.45, 7) is 0. The van der Waals surface area contributed by atoms with E-state index in [1.807, 2.05) is 0 Å². The third-order valence-electron chi connectivity index (χ3n) is 3.43. The Labute approximate surface area is 171 Å². The fourth-order valence-corrected chi connectivity index (χ4v) is 6.13. The topological polar surface area (TPSA) is 105 Å². The molecule has 0 fully saturated rings. The number of allylic oxidation sites excluding steroid dienone is 1. The Hall–Kier alpha value is -1.46. The standard InChI is InChI=1S/C15H13Cl2N3O4S3/c16-11-7-13(19-26(21,22)10-3-1-5-18-9-10)14(8-12(11)17)20-27(23,24)15-4-2-6-25-15/h1,3-5,7-9,19-20H,2,6H2. The minimum absolute atomic E-state index is 0.0368. The zero-order valence-electron chi connectivity index (χ0n) is 13.5. The number of nitrogens with zero attached hydrogens (tertiary/aromatic N) is 1. The number of thioether (sulfide) groups is 1. The third-order valence-corrected chi connectivity index (χ3v) is 8.59. The summed E-state index contributed by atoms with van der Waals surface area (Å²) in [5.74, 6) is 0.665. The summed E-state index contributed by atoms with van der Waals surface area (Å²) in [5.41, 5.74) is -0.0920. The van der Waals surface area contributed by atoms with Crippen LogP contribution in [0.4, 0.5) is 11.4 Å². The molecule has 12 heteroatoms. The summed E-state index contributed by atoms with van der Waals surface area (Å²) in [4.78, 5) is 3.69. The summed E-state index contributed by atoms with van der Waals surface area (Å²) >= 11 is 13.2. The fraction of sp³-hybridized carbons (Fsp3) is 0.133. The molecule has 27 heavy (non-hydrogen) atoms. The lowest BCUT2D eigenvalue weighted by Gasteiger charge is -2.16. The van der Waals surface area contributed by atoms with Gasteiger partial charge in [-0.1, -0.05) is 29.3 Å². The van der Waals surface area contributed by atoms with Crippen LogP contribution in [0.25, 0.3) is 0 Å². The van der Waals surface area contributed by atoms with Crippen molar-refractivity contribution in [1.82, 2.24) is 4.98 Å². The van der Waals surface area contributed by atoms with Crippen molar-refractivity contribution in [3.8, 4) is 0 Å². The van der Waals surface area contributed by atoms with Gasteiger partial charge in [0.15, 0.2) is 0 Å². The number of pyridine rings is 1. The maximum absolute atomic E-state index is 12.6. The number of hydrogen-bond acceptors (Lipinski definition) is 6. The second-order valence-corrected chi connectivity index (χ2v) is 10.9. The van der Waals surface area contributed by atoms with Gasteiger partial charge in [-0.3, -0.25) is 14.4 Å². The first-order valence-electron chi connectivity index (χ1n) is 7.47. The molecule has 1 aromatic heterocycles. The summed E-state index contributed by atoms with van der Waals surface area (Å²) in [6, 6.07) is 5.32. The SMILES string of the molecule is O=S(=O)(Nc1cc(Cl)c(Cl)cc1NS(=O)(=O)c1cccnc1)C1=CCCS1. The van der Waals surface area contributed by atoms with E-state index in [-0.39, 0.29) is 30.6 Å². The van der Waals surface area contributed by atoms with Crippen LogP contribution in [0.5, 0.6) is 0 Å². The van der Waals surface area contributed by atoms with E-state index >= 15 is 0 Å². The number of aromatic nitrogens is 1. The van der Waals surface area contributed by atoms with Gasteiger partial charge in [-0.2, -0.15) is 0 Å². The monoisotopic (exact) mass is 465 g/mol. The lowest BCUT2D eigenvalue weighted by molar-refractivity contribution is 0.600. The molecule has 0 saturated heterocycles. The molecule has 0 bridgehead atoms. The minimum Gasteiger partial charge on any atom is -0.277 e. The Kier molecular flexibility index (Phi) is 5.92. The number of sulfonamides is 2. The molecule has 7 nitrogen and oxygen atoms in total. The molecule has 2 N–H and O–H groups in total. The van der Waals surface area contributed by atoms with Gasteiger partial charge in [0, 0.05) is 18.1 Å². The smallest absolute Gasteiger partial charge is 0.267 e. The van der Waals surface area contributed by atoms with E-state index in [4.69, 9.17) is 23.2 Å². The lowest BCUT2D eigenvalue weighted by atomic mass is 10.3. The van der Waals surface area contributed by atoms with Gasteiger partial charge in [0.2, 0.25) is 0 Å². The van der Waals surface area contributed by atoms with Gasteiger partial charge in [0.25, 0.3) is 20.0 Å². The number of nitrogens with one attached hydrogen (secondary N) is 2. The van der Waals surface area contributed by atoms with E-state index in [9.17, 15) is 16.8 Å². The van der Waals surface area contributed by atoms with Crippen LogP contribution in [0.1, 0.15) is 6.42 Å². The Morgan fingerprint density at radius 1 is 1.00 bits per heavy atom.